The van der Waals surface area contributed by atoms with Gasteiger partial charge in [-0.25, -0.2) is 0 Å². The highest BCUT2D eigenvalue weighted by Crippen LogP contribution is 2.23. The van der Waals surface area contributed by atoms with E-state index < -0.39 is 0 Å². The molecule has 1 aromatic carbocycles. The first kappa shape index (κ1) is 12.1. The Bertz CT molecular complexity index is 550. The smallest absolute Gasteiger partial charge is 0.287 e. The number of nitrogens with one attached hydrogen (secondary N) is 1. The maximum Gasteiger partial charge on any atom is 0.287 e. The highest BCUT2D eigenvalue weighted by molar-refractivity contribution is 9.10. The van der Waals surface area contributed by atoms with Crippen LogP contribution < -0.4 is 11.1 Å². The van der Waals surface area contributed by atoms with Crippen LogP contribution in [0.3, 0.4) is 0 Å². The van der Waals surface area contributed by atoms with Crippen molar-refractivity contribution < 1.29 is 9.21 Å². The molecule has 2 aromatic rings. The van der Waals surface area contributed by atoms with E-state index in [4.69, 9.17) is 10.2 Å². The molecule has 5 heteroatoms. The van der Waals surface area contributed by atoms with Crippen molar-refractivity contribution in [2.24, 2.45) is 5.73 Å². The van der Waals surface area contributed by atoms with Gasteiger partial charge in [0.25, 0.3) is 5.91 Å². The number of fused-ring (bicyclic) bond motifs is 1. The van der Waals surface area contributed by atoms with Crippen molar-refractivity contribution in [2.45, 2.75) is 13.0 Å². The first-order chi connectivity index (χ1) is 8.10. The summed E-state index contributed by atoms with van der Waals surface area (Å²) < 4.78 is 6.41. The summed E-state index contributed by atoms with van der Waals surface area (Å²) in [7, 11) is 0. The molecule has 1 aromatic heterocycles. The third-order valence-electron chi connectivity index (χ3n) is 2.43. The minimum absolute atomic E-state index is 0.0672. The van der Waals surface area contributed by atoms with Gasteiger partial charge in [0, 0.05) is 22.4 Å². The lowest BCUT2D eigenvalue weighted by Crippen LogP contribution is -2.37. The van der Waals surface area contributed by atoms with Gasteiger partial charge in [-0.05, 0) is 31.2 Å². The Hall–Kier alpha value is -1.33. The second-order valence-corrected chi connectivity index (χ2v) is 4.82. The van der Waals surface area contributed by atoms with Gasteiger partial charge in [-0.15, -0.1) is 0 Å². The van der Waals surface area contributed by atoms with Crippen molar-refractivity contribution >= 4 is 32.8 Å². The van der Waals surface area contributed by atoms with Gasteiger partial charge in [-0.3, -0.25) is 4.79 Å². The van der Waals surface area contributed by atoms with Crippen LogP contribution in [0.4, 0.5) is 0 Å². The lowest BCUT2D eigenvalue weighted by atomic mass is 10.2. The molecule has 17 heavy (non-hydrogen) atoms. The number of furan rings is 1. The Morgan fingerprint density at radius 3 is 3.00 bits per heavy atom. The lowest BCUT2D eigenvalue weighted by molar-refractivity contribution is 0.0915. The number of rotatable bonds is 3. The molecule has 0 fully saturated rings. The van der Waals surface area contributed by atoms with Gasteiger partial charge in [-0.2, -0.15) is 0 Å². The van der Waals surface area contributed by atoms with Gasteiger partial charge in [-0.1, -0.05) is 15.9 Å². The molecule has 3 N–H and O–H groups in total. The van der Waals surface area contributed by atoms with E-state index in [1.165, 1.54) is 0 Å². The summed E-state index contributed by atoms with van der Waals surface area (Å²) >= 11 is 3.37. The van der Waals surface area contributed by atoms with E-state index >= 15 is 0 Å². The standard InChI is InChI=1S/C12H13BrN2O2/c1-7(6-14)15-12(16)11-5-8-4-9(13)2-3-10(8)17-11/h2-5,7H,6,14H2,1H3,(H,15,16)/t7-/m0/s1. The third kappa shape index (κ3) is 2.68. The highest BCUT2D eigenvalue weighted by Gasteiger charge is 2.13. The van der Waals surface area contributed by atoms with Gasteiger partial charge in [0.2, 0.25) is 0 Å². The van der Waals surface area contributed by atoms with Crippen molar-refractivity contribution in [2.75, 3.05) is 6.54 Å². The maximum atomic E-state index is 11.8. The van der Waals surface area contributed by atoms with Crippen LogP contribution in [0.25, 0.3) is 11.0 Å². The van der Waals surface area contributed by atoms with Crippen LogP contribution in [0.15, 0.2) is 33.2 Å². The fraction of sp³-hybridized carbons (Fsp3) is 0.250. The van der Waals surface area contributed by atoms with E-state index in [-0.39, 0.29) is 11.9 Å². The number of benzene rings is 1. The second-order valence-electron chi connectivity index (χ2n) is 3.90. The highest BCUT2D eigenvalue weighted by atomic mass is 79.9. The van der Waals surface area contributed by atoms with Gasteiger partial charge in [0.15, 0.2) is 5.76 Å². The minimum atomic E-state index is -0.240. The van der Waals surface area contributed by atoms with Gasteiger partial charge in [0.1, 0.15) is 5.58 Å². The predicted octanol–water partition coefficient (Wildman–Crippen LogP) is 2.27. The number of hydrogen-bond donors (Lipinski definition) is 2. The van der Waals surface area contributed by atoms with E-state index in [2.05, 4.69) is 21.2 Å². The molecule has 0 bridgehead atoms. The number of carbonyl (C=O) groups is 1. The Kier molecular flexibility index (Phi) is 3.49. The van der Waals surface area contributed by atoms with Crippen LogP contribution in [-0.2, 0) is 0 Å². The number of carbonyl (C=O) groups excluding carboxylic acids is 1. The first-order valence-corrected chi connectivity index (χ1v) is 6.09. The molecule has 0 spiro atoms. The Balaban J connectivity index is 2.27. The normalized spacial score (nSPS) is 12.6. The molecule has 0 aliphatic heterocycles. The Labute approximate surface area is 107 Å². The average Bonchev–Trinajstić information content (AvgIpc) is 2.71. The monoisotopic (exact) mass is 296 g/mol. The fourth-order valence-electron chi connectivity index (χ4n) is 1.48. The van der Waals surface area contributed by atoms with Gasteiger partial charge < -0.3 is 15.5 Å². The fourth-order valence-corrected chi connectivity index (χ4v) is 1.86. The second kappa shape index (κ2) is 4.89. The molecule has 4 nitrogen and oxygen atoms in total. The van der Waals surface area contributed by atoms with Gasteiger partial charge in [0.05, 0.1) is 0 Å². The molecular weight excluding hydrogens is 284 g/mol. The lowest BCUT2D eigenvalue weighted by Gasteiger charge is -2.08. The molecular formula is C12H13BrN2O2. The number of amides is 1. The zero-order valence-corrected chi connectivity index (χ0v) is 11.0. The summed E-state index contributed by atoms with van der Waals surface area (Å²) in [5.41, 5.74) is 6.14. The van der Waals surface area contributed by atoms with E-state index in [1.807, 2.05) is 25.1 Å². The molecule has 0 saturated heterocycles. The summed E-state index contributed by atoms with van der Waals surface area (Å²) in [5, 5.41) is 3.65. The number of halogens is 1. The zero-order chi connectivity index (χ0) is 12.4. The van der Waals surface area contributed by atoms with Crippen molar-refractivity contribution in [3.8, 4) is 0 Å². The number of nitrogens with two attached hydrogens (primary N) is 1. The molecule has 0 aliphatic rings. The summed E-state index contributed by atoms with van der Waals surface area (Å²) in [6.07, 6.45) is 0. The van der Waals surface area contributed by atoms with Gasteiger partial charge >= 0.3 is 0 Å². The topological polar surface area (TPSA) is 68.3 Å². The predicted molar refractivity (Wildman–Crippen MR) is 69.9 cm³/mol. The van der Waals surface area contributed by atoms with Crippen molar-refractivity contribution in [3.63, 3.8) is 0 Å². The van der Waals surface area contributed by atoms with E-state index in [0.717, 1.165) is 9.86 Å². The first-order valence-electron chi connectivity index (χ1n) is 5.30. The SMILES string of the molecule is C[C@@H](CN)NC(=O)c1cc2cc(Br)ccc2o1. The molecule has 1 amide bonds. The van der Waals surface area contributed by atoms with E-state index in [1.54, 1.807) is 6.07 Å². The Morgan fingerprint density at radius 1 is 1.53 bits per heavy atom. The summed E-state index contributed by atoms with van der Waals surface area (Å²) in [6, 6.07) is 7.25. The van der Waals surface area contributed by atoms with Crippen LogP contribution in [0.2, 0.25) is 0 Å². The maximum absolute atomic E-state index is 11.8. The van der Waals surface area contributed by atoms with Crippen molar-refractivity contribution in [3.05, 3.63) is 34.5 Å². The molecule has 1 heterocycles. The van der Waals surface area contributed by atoms with Crippen LogP contribution in [0.1, 0.15) is 17.5 Å². The average molecular weight is 297 g/mol. The van der Waals surface area contributed by atoms with E-state index in [9.17, 15) is 4.79 Å². The zero-order valence-electron chi connectivity index (χ0n) is 9.37. The van der Waals surface area contributed by atoms with Crippen molar-refractivity contribution in [1.29, 1.82) is 0 Å². The summed E-state index contributed by atoms with van der Waals surface area (Å²) in [4.78, 5) is 11.8. The largest absolute Gasteiger partial charge is 0.451 e. The van der Waals surface area contributed by atoms with Crippen LogP contribution >= 0.6 is 15.9 Å². The Morgan fingerprint density at radius 2 is 2.29 bits per heavy atom. The van der Waals surface area contributed by atoms with E-state index in [0.29, 0.717) is 17.9 Å². The molecule has 0 aliphatic carbocycles. The van der Waals surface area contributed by atoms with Crippen LogP contribution in [0.5, 0.6) is 0 Å². The van der Waals surface area contributed by atoms with Crippen LogP contribution in [-0.4, -0.2) is 18.5 Å². The minimum Gasteiger partial charge on any atom is -0.451 e. The molecule has 2 rings (SSSR count). The summed E-state index contributed by atoms with van der Waals surface area (Å²) in [5.74, 6) is 0.0636. The molecule has 0 saturated carbocycles. The molecule has 90 valence electrons. The molecule has 1 atom stereocenters. The van der Waals surface area contributed by atoms with Crippen molar-refractivity contribution in [1.82, 2.24) is 5.32 Å². The molecule has 0 unspecified atom stereocenters. The third-order valence-corrected chi connectivity index (χ3v) is 2.93. The quantitative estimate of drug-likeness (QED) is 0.913. The molecule has 0 radical (unpaired) electrons. The summed E-state index contributed by atoms with van der Waals surface area (Å²) in [6.45, 7) is 2.24. The van der Waals surface area contributed by atoms with Crippen LogP contribution in [0, 0.1) is 0 Å². The number of hydrogen-bond acceptors (Lipinski definition) is 3.